The zero-order chi connectivity index (χ0) is 57.1. The second kappa shape index (κ2) is 43.0. The number of unbranched alkanes of at least 4 members (excludes halogenated alkanes) is 38. The first-order valence-electron chi connectivity index (χ1n) is 33.8. The number of esters is 1. The van der Waals surface area contributed by atoms with Gasteiger partial charge in [-0.15, -0.1) is 0 Å². The van der Waals surface area contributed by atoms with E-state index in [-0.39, 0.29) is 6.61 Å². The Bertz CT molecular complexity index is 2110. The van der Waals surface area contributed by atoms with Gasteiger partial charge in [0.15, 0.2) is 5.60 Å². The van der Waals surface area contributed by atoms with Crippen LogP contribution in [0.3, 0.4) is 0 Å². The molecule has 4 aromatic carbocycles. The van der Waals surface area contributed by atoms with Crippen molar-refractivity contribution in [2.24, 2.45) is 0 Å². The summed E-state index contributed by atoms with van der Waals surface area (Å²) in [5.41, 5.74) is 3.90. The number of alkyl carbamates (subject to hydrolysis) is 1. The topological polar surface area (TPSA) is 83.1 Å². The summed E-state index contributed by atoms with van der Waals surface area (Å²) in [6.07, 6.45) is 53.4. The van der Waals surface area contributed by atoms with Gasteiger partial charge in [0.25, 0.3) is 0 Å². The van der Waals surface area contributed by atoms with Gasteiger partial charge in [0, 0.05) is 16.7 Å². The molecule has 0 bridgehead atoms. The maximum atomic E-state index is 14.5. The van der Waals surface area contributed by atoms with Crippen LogP contribution in [0.4, 0.5) is 4.79 Å². The van der Waals surface area contributed by atoms with Gasteiger partial charge in [-0.25, -0.2) is 9.59 Å². The highest BCUT2D eigenvalue weighted by Gasteiger charge is 2.49. The van der Waals surface area contributed by atoms with Crippen molar-refractivity contribution >= 4 is 12.1 Å². The zero-order valence-electron chi connectivity index (χ0n) is 51.7. The summed E-state index contributed by atoms with van der Waals surface area (Å²) in [7, 11) is 0. The normalized spacial score (nSPS) is 12.7. The molecule has 0 saturated carbocycles. The molecule has 0 aromatic heterocycles. The van der Waals surface area contributed by atoms with Crippen LogP contribution in [0.5, 0.6) is 11.5 Å². The van der Waals surface area contributed by atoms with Crippen LogP contribution in [0.1, 0.15) is 300 Å². The zero-order valence-corrected chi connectivity index (χ0v) is 51.7. The van der Waals surface area contributed by atoms with E-state index in [2.05, 4.69) is 43.4 Å². The Morgan fingerprint density at radius 3 is 1.07 bits per heavy atom. The van der Waals surface area contributed by atoms with Gasteiger partial charge in [0.2, 0.25) is 0 Å². The largest absolute Gasteiger partial charge is 0.494 e. The Morgan fingerprint density at radius 2 is 0.728 bits per heavy atom. The minimum atomic E-state index is -1.34. The van der Waals surface area contributed by atoms with Crippen molar-refractivity contribution in [2.75, 3.05) is 13.2 Å². The fourth-order valence-electron chi connectivity index (χ4n) is 11.9. The maximum Gasteiger partial charge on any atom is 0.408 e. The lowest BCUT2D eigenvalue weighted by Gasteiger charge is -2.34. The van der Waals surface area contributed by atoms with Crippen LogP contribution in [-0.2, 0) is 26.5 Å². The number of carbonyl (C=O) groups excluding carboxylic acids is 2. The molecule has 5 rings (SSSR count). The highest BCUT2D eigenvalue weighted by atomic mass is 16.6. The Labute approximate surface area is 494 Å². The van der Waals surface area contributed by atoms with E-state index < -0.39 is 23.7 Å². The van der Waals surface area contributed by atoms with Crippen molar-refractivity contribution < 1.29 is 28.5 Å². The van der Waals surface area contributed by atoms with Crippen molar-refractivity contribution in [1.29, 1.82) is 0 Å². The number of hydrogen-bond donors (Lipinski definition) is 1. The van der Waals surface area contributed by atoms with Crippen LogP contribution < -0.4 is 14.8 Å². The van der Waals surface area contributed by atoms with E-state index in [0.717, 1.165) is 70.6 Å². The third-order valence-corrected chi connectivity index (χ3v) is 16.9. The van der Waals surface area contributed by atoms with E-state index in [1.54, 1.807) is 6.92 Å². The molecule has 7 nitrogen and oxygen atoms in total. The van der Waals surface area contributed by atoms with E-state index in [1.165, 1.54) is 231 Å². The number of ether oxygens (including phenoxy) is 4. The van der Waals surface area contributed by atoms with Crippen molar-refractivity contribution in [2.45, 2.75) is 296 Å². The smallest absolute Gasteiger partial charge is 0.408 e. The quantitative estimate of drug-likeness (QED) is 0.0350. The summed E-state index contributed by atoms with van der Waals surface area (Å²) in [6, 6.07) is 30.8. The van der Waals surface area contributed by atoms with Gasteiger partial charge in [-0.2, -0.15) is 0 Å². The molecule has 0 fully saturated rings. The Morgan fingerprint density at radius 1 is 0.407 bits per heavy atom. The molecule has 0 spiro atoms. The number of hydrogen-bond acceptors (Lipinski definition) is 6. The summed E-state index contributed by atoms with van der Waals surface area (Å²) in [5.74, 6) is 0.894. The summed E-state index contributed by atoms with van der Waals surface area (Å²) in [6.45, 7) is 7.56. The molecule has 0 aliphatic heterocycles. The number of amides is 1. The molecule has 0 saturated heterocycles. The first kappa shape index (κ1) is 67.0. The lowest BCUT2D eigenvalue weighted by atomic mass is 9.83. The predicted octanol–water partition coefficient (Wildman–Crippen LogP) is 22.2. The number of rotatable bonds is 50. The summed E-state index contributed by atoms with van der Waals surface area (Å²) < 4.78 is 25.4. The van der Waals surface area contributed by atoms with E-state index in [1.807, 2.05) is 72.8 Å². The molecule has 1 atom stereocenters. The van der Waals surface area contributed by atoms with E-state index >= 15 is 0 Å². The average Bonchev–Trinajstić information content (AvgIpc) is 4.04. The van der Waals surface area contributed by atoms with Crippen molar-refractivity contribution in [3.63, 3.8) is 0 Å². The monoisotopic (exact) mass is 1110 g/mol. The van der Waals surface area contributed by atoms with Gasteiger partial charge in [-0.05, 0) is 60.7 Å². The maximum absolute atomic E-state index is 14.5. The van der Waals surface area contributed by atoms with Gasteiger partial charge >= 0.3 is 12.1 Å². The molecule has 4 aromatic rings. The highest BCUT2D eigenvalue weighted by molar-refractivity contribution is 5.87. The van der Waals surface area contributed by atoms with Crippen LogP contribution in [0.2, 0.25) is 0 Å². The Kier molecular flexibility index (Phi) is 35.5. The van der Waals surface area contributed by atoms with E-state index in [9.17, 15) is 9.59 Å². The lowest BCUT2D eigenvalue weighted by molar-refractivity contribution is -0.155. The third kappa shape index (κ3) is 26.6. The van der Waals surface area contributed by atoms with Gasteiger partial charge in [0.1, 0.15) is 24.1 Å². The number of fused-ring (bicyclic) bond motifs is 3. The first-order chi connectivity index (χ1) is 40.0. The molecule has 7 heteroatoms. The van der Waals surface area contributed by atoms with Gasteiger partial charge in [-0.1, -0.05) is 331 Å². The minimum absolute atomic E-state index is 0.0911. The van der Waals surface area contributed by atoms with Gasteiger partial charge in [-0.3, -0.25) is 0 Å². The van der Waals surface area contributed by atoms with Crippen LogP contribution in [-0.4, -0.2) is 31.3 Å². The van der Waals surface area contributed by atoms with E-state index in [4.69, 9.17) is 18.9 Å². The van der Waals surface area contributed by atoms with E-state index in [0.29, 0.717) is 13.2 Å². The minimum Gasteiger partial charge on any atom is -0.494 e. The number of nitrogens with one attached hydrogen (secondary N) is 1. The van der Waals surface area contributed by atoms with Crippen LogP contribution in [0, 0.1) is 0 Å². The molecule has 1 aliphatic rings. The summed E-state index contributed by atoms with van der Waals surface area (Å²) >= 11 is 0. The lowest BCUT2D eigenvalue weighted by Crippen LogP contribution is -2.44. The van der Waals surface area contributed by atoms with Crippen molar-refractivity contribution in [1.82, 2.24) is 5.32 Å². The third-order valence-electron chi connectivity index (χ3n) is 16.9. The van der Waals surface area contributed by atoms with Gasteiger partial charge < -0.3 is 24.3 Å². The number of benzene rings is 4. The predicted molar refractivity (Wildman–Crippen MR) is 341 cm³/mol. The SMILES string of the molecule is CCCCCCCCCCCCCCCCCCCCCCOc1ccc2c(c1)C(OC(=O)[C@H](C)NC(=O)OCc1ccccc1)(c1ccccc1)c1cc(OCCCCCCCCCCCCCCCCCCCCCC)ccc1-2. The molecule has 1 aliphatic carbocycles. The standard InChI is InChI=1S/C74H113NO6/c1-4-6-8-10-12-14-16-18-20-22-24-26-28-30-32-34-36-38-40-48-58-78-66-54-56-68-69-57-55-67(79-59-49-41-39-37-35-33-31-29-27-25-23-21-19-17-15-13-11-9-7-5-2)61-71(69)74(70(68)60-66,65-52-46-43-47-53-65)81-72(76)63(3)75-73(77)80-62-64-50-44-42-45-51-64/h42-47,50-57,60-61,63H,4-41,48-49,58-59,62H2,1-3H3,(H,75,77)/t63-/m0/s1. The van der Waals surface area contributed by atoms with Crippen LogP contribution in [0.25, 0.3) is 11.1 Å². The summed E-state index contributed by atoms with van der Waals surface area (Å²) in [4.78, 5) is 27.5. The molecule has 0 unspecified atom stereocenters. The molecule has 1 amide bonds. The van der Waals surface area contributed by atoms with Gasteiger partial charge in [0.05, 0.1) is 13.2 Å². The average molecular weight is 1110 g/mol. The second-order valence-electron chi connectivity index (χ2n) is 23.9. The second-order valence-corrected chi connectivity index (χ2v) is 23.9. The highest BCUT2D eigenvalue weighted by Crippen LogP contribution is 2.55. The molecule has 0 radical (unpaired) electrons. The molecule has 0 heterocycles. The Hall–Kier alpha value is -4.78. The number of carbonyl (C=O) groups is 2. The fourth-order valence-corrected chi connectivity index (χ4v) is 11.9. The molecular weight excluding hydrogens is 999 g/mol. The van der Waals surface area contributed by atoms with Crippen molar-refractivity contribution in [3.05, 3.63) is 119 Å². The Balaban J connectivity index is 1.08. The molecule has 81 heavy (non-hydrogen) atoms. The molecule has 1 N–H and O–H groups in total. The van der Waals surface area contributed by atoms with Crippen LogP contribution >= 0.6 is 0 Å². The molecular formula is C74H113NO6. The first-order valence-corrected chi connectivity index (χ1v) is 33.8. The van der Waals surface area contributed by atoms with Crippen LogP contribution in [0.15, 0.2) is 97.1 Å². The fraction of sp³-hybridized carbons (Fsp3) is 0.649. The van der Waals surface area contributed by atoms with Crippen molar-refractivity contribution in [3.8, 4) is 22.6 Å². The molecule has 450 valence electrons. The summed E-state index contributed by atoms with van der Waals surface area (Å²) in [5, 5.41) is 2.74.